The molecular weight excluding hydrogens is 202 g/mol. The summed E-state index contributed by atoms with van der Waals surface area (Å²) in [5.74, 6) is 0.754. The van der Waals surface area contributed by atoms with E-state index in [-0.39, 0.29) is 5.75 Å². The van der Waals surface area contributed by atoms with Gasteiger partial charge < -0.3 is 9.52 Å². The Hall–Kier alpha value is -2.03. The monoisotopic (exact) mass is 215 g/mol. The van der Waals surface area contributed by atoms with Crippen molar-refractivity contribution in [3.8, 4) is 5.75 Å². The summed E-state index contributed by atoms with van der Waals surface area (Å²) in [5, 5.41) is 9.32. The van der Waals surface area contributed by atoms with E-state index >= 15 is 0 Å². The quantitative estimate of drug-likeness (QED) is 0.780. The van der Waals surface area contributed by atoms with E-state index in [2.05, 4.69) is 4.98 Å². The fourth-order valence-electron chi connectivity index (χ4n) is 1.51. The standard InChI is InChI=1S/C13H13NO2/c1-3-5-9(4-2)13-14-11-7-6-10(15)8-12(11)16-13/h3-8,15H,1-2H3. The third-order valence-electron chi connectivity index (χ3n) is 2.28. The van der Waals surface area contributed by atoms with E-state index < -0.39 is 0 Å². The van der Waals surface area contributed by atoms with Gasteiger partial charge >= 0.3 is 0 Å². The van der Waals surface area contributed by atoms with E-state index in [0.717, 1.165) is 11.1 Å². The Morgan fingerprint density at radius 2 is 2.19 bits per heavy atom. The number of rotatable bonds is 2. The smallest absolute Gasteiger partial charge is 0.226 e. The van der Waals surface area contributed by atoms with Crippen LogP contribution in [0.5, 0.6) is 5.75 Å². The number of hydrogen-bond acceptors (Lipinski definition) is 3. The molecule has 2 aromatic rings. The lowest BCUT2D eigenvalue weighted by molar-refractivity contribution is 0.474. The molecule has 2 rings (SSSR count). The number of phenols is 1. The Bertz CT molecular complexity index is 564. The second kappa shape index (κ2) is 4.23. The zero-order valence-corrected chi connectivity index (χ0v) is 9.27. The number of phenolic OH excluding ortho intramolecular Hbond substituents is 1. The molecule has 1 aromatic carbocycles. The summed E-state index contributed by atoms with van der Waals surface area (Å²) >= 11 is 0. The summed E-state index contributed by atoms with van der Waals surface area (Å²) in [6.07, 6.45) is 5.80. The molecule has 16 heavy (non-hydrogen) atoms. The molecule has 0 aliphatic heterocycles. The maximum Gasteiger partial charge on any atom is 0.226 e. The molecule has 0 atom stereocenters. The van der Waals surface area contributed by atoms with Crippen LogP contribution in [0.4, 0.5) is 0 Å². The average molecular weight is 215 g/mol. The summed E-state index contributed by atoms with van der Waals surface area (Å²) in [7, 11) is 0. The Morgan fingerprint density at radius 3 is 2.88 bits per heavy atom. The van der Waals surface area contributed by atoms with Gasteiger partial charge in [0.05, 0.1) is 0 Å². The van der Waals surface area contributed by atoms with Crippen LogP contribution in [0, 0.1) is 0 Å². The molecule has 0 saturated heterocycles. The number of fused-ring (bicyclic) bond motifs is 1. The van der Waals surface area contributed by atoms with Crippen molar-refractivity contribution in [1.29, 1.82) is 0 Å². The fraction of sp³-hybridized carbons (Fsp3) is 0.154. The maximum absolute atomic E-state index is 9.32. The minimum atomic E-state index is 0.184. The first-order valence-electron chi connectivity index (χ1n) is 5.13. The van der Waals surface area contributed by atoms with Gasteiger partial charge in [-0.25, -0.2) is 4.98 Å². The molecule has 1 heterocycles. The third kappa shape index (κ3) is 1.84. The first kappa shape index (κ1) is 10.5. The van der Waals surface area contributed by atoms with Gasteiger partial charge in [0.2, 0.25) is 5.89 Å². The SMILES string of the molecule is CC=CC(=CC)c1nc2ccc(O)cc2o1. The number of aromatic hydroxyl groups is 1. The summed E-state index contributed by atoms with van der Waals surface area (Å²) in [5.41, 5.74) is 2.27. The third-order valence-corrected chi connectivity index (χ3v) is 2.28. The highest BCUT2D eigenvalue weighted by Gasteiger charge is 2.08. The van der Waals surface area contributed by atoms with Crippen molar-refractivity contribution in [2.24, 2.45) is 0 Å². The number of hydrogen-bond donors (Lipinski definition) is 1. The molecule has 0 saturated carbocycles. The molecule has 82 valence electrons. The predicted molar refractivity (Wildman–Crippen MR) is 64.1 cm³/mol. The van der Waals surface area contributed by atoms with E-state index in [0.29, 0.717) is 11.5 Å². The number of allylic oxidation sites excluding steroid dienone is 4. The second-order valence-electron chi connectivity index (χ2n) is 3.42. The summed E-state index contributed by atoms with van der Waals surface area (Å²) in [6, 6.07) is 4.90. The van der Waals surface area contributed by atoms with Crippen molar-refractivity contribution in [1.82, 2.24) is 4.98 Å². The number of nitrogens with zero attached hydrogens (tertiary/aromatic N) is 1. The molecule has 1 aromatic heterocycles. The number of aromatic nitrogens is 1. The van der Waals surface area contributed by atoms with Crippen LogP contribution in [-0.4, -0.2) is 10.1 Å². The van der Waals surface area contributed by atoms with Crippen LogP contribution in [-0.2, 0) is 0 Å². The Labute approximate surface area is 93.7 Å². The number of benzene rings is 1. The van der Waals surface area contributed by atoms with Gasteiger partial charge in [0.15, 0.2) is 5.58 Å². The molecular formula is C13H13NO2. The topological polar surface area (TPSA) is 46.3 Å². The molecule has 0 radical (unpaired) electrons. The number of oxazole rings is 1. The molecule has 0 bridgehead atoms. The van der Waals surface area contributed by atoms with Gasteiger partial charge in [0.1, 0.15) is 11.3 Å². The minimum absolute atomic E-state index is 0.184. The van der Waals surface area contributed by atoms with E-state index in [1.807, 2.05) is 32.1 Å². The van der Waals surface area contributed by atoms with E-state index in [1.165, 1.54) is 0 Å². The Morgan fingerprint density at radius 1 is 1.38 bits per heavy atom. The van der Waals surface area contributed by atoms with Crippen molar-refractivity contribution in [3.05, 3.63) is 42.3 Å². The van der Waals surface area contributed by atoms with Gasteiger partial charge in [0.25, 0.3) is 0 Å². The van der Waals surface area contributed by atoms with E-state index in [9.17, 15) is 5.11 Å². The average Bonchev–Trinajstić information content (AvgIpc) is 2.68. The molecule has 0 unspecified atom stereocenters. The largest absolute Gasteiger partial charge is 0.508 e. The highest BCUT2D eigenvalue weighted by Crippen LogP contribution is 2.24. The van der Waals surface area contributed by atoms with E-state index in [4.69, 9.17) is 4.42 Å². The van der Waals surface area contributed by atoms with Crippen LogP contribution in [0.1, 0.15) is 19.7 Å². The van der Waals surface area contributed by atoms with Crippen LogP contribution in [0.15, 0.2) is 40.8 Å². The van der Waals surface area contributed by atoms with Gasteiger partial charge in [0, 0.05) is 11.6 Å². The minimum Gasteiger partial charge on any atom is -0.508 e. The maximum atomic E-state index is 9.32. The lowest BCUT2D eigenvalue weighted by Crippen LogP contribution is -1.78. The lowest BCUT2D eigenvalue weighted by atomic mass is 10.2. The fourth-order valence-corrected chi connectivity index (χ4v) is 1.51. The van der Waals surface area contributed by atoms with Crippen LogP contribution in [0.25, 0.3) is 16.7 Å². The molecule has 0 aliphatic rings. The van der Waals surface area contributed by atoms with Crippen LogP contribution >= 0.6 is 0 Å². The Balaban J connectivity index is 2.54. The zero-order chi connectivity index (χ0) is 11.5. The van der Waals surface area contributed by atoms with Crippen molar-refractivity contribution >= 4 is 16.7 Å². The lowest BCUT2D eigenvalue weighted by Gasteiger charge is -1.92. The van der Waals surface area contributed by atoms with Crippen molar-refractivity contribution < 1.29 is 9.52 Å². The molecule has 1 N–H and O–H groups in total. The summed E-state index contributed by atoms with van der Waals surface area (Å²) in [4.78, 5) is 4.35. The molecule has 0 spiro atoms. The van der Waals surface area contributed by atoms with Gasteiger partial charge in [-0.1, -0.05) is 18.2 Å². The van der Waals surface area contributed by atoms with Crippen LogP contribution in [0.2, 0.25) is 0 Å². The molecule has 0 amide bonds. The van der Waals surface area contributed by atoms with Gasteiger partial charge in [-0.2, -0.15) is 0 Å². The first-order chi connectivity index (χ1) is 7.74. The van der Waals surface area contributed by atoms with Gasteiger partial charge in [-0.05, 0) is 26.0 Å². The highest BCUT2D eigenvalue weighted by atomic mass is 16.3. The van der Waals surface area contributed by atoms with E-state index in [1.54, 1.807) is 18.2 Å². The molecule has 3 heteroatoms. The highest BCUT2D eigenvalue weighted by molar-refractivity contribution is 5.79. The van der Waals surface area contributed by atoms with Crippen molar-refractivity contribution in [3.63, 3.8) is 0 Å². The first-order valence-corrected chi connectivity index (χ1v) is 5.13. The van der Waals surface area contributed by atoms with Gasteiger partial charge in [-0.15, -0.1) is 0 Å². The van der Waals surface area contributed by atoms with Crippen molar-refractivity contribution in [2.75, 3.05) is 0 Å². The Kier molecular flexibility index (Phi) is 2.77. The molecule has 3 nitrogen and oxygen atoms in total. The second-order valence-corrected chi connectivity index (χ2v) is 3.42. The van der Waals surface area contributed by atoms with Crippen LogP contribution in [0.3, 0.4) is 0 Å². The summed E-state index contributed by atoms with van der Waals surface area (Å²) in [6.45, 7) is 3.87. The normalized spacial score (nSPS) is 12.8. The molecule has 0 fully saturated rings. The van der Waals surface area contributed by atoms with Gasteiger partial charge in [-0.3, -0.25) is 0 Å². The van der Waals surface area contributed by atoms with Crippen molar-refractivity contribution in [2.45, 2.75) is 13.8 Å². The zero-order valence-electron chi connectivity index (χ0n) is 9.27. The predicted octanol–water partition coefficient (Wildman–Crippen LogP) is 3.51. The molecule has 0 aliphatic carbocycles. The summed E-state index contributed by atoms with van der Waals surface area (Å²) < 4.78 is 5.56. The van der Waals surface area contributed by atoms with Crippen LogP contribution < -0.4 is 0 Å².